The van der Waals surface area contributed by atoms with Gasteiger partial charge >= 0.3 is 11.9 Å². The molecule has 8 amide bonds. The quantitative estimate of drug-likeness (QED) is 0.0177. The molecule has 0 spiro atoms. The summed E-state index contributed by atoms with van der Waals surface area (Å²) in [5, 5.41) is 67.2. The van der Waals surface area contributed by atoms with E-state index in [1.807, 2.05) is 0 Å². The average molecular weight is 1060 g/mol. The molecule has 0 aliphatic carbocycles. The maximum absolute atomic E-state index is 14.0. The molecule has 0 radical (unpaired) electrons. The minimum atomic E-state index is -1.81. The Morgan fingerprint density at radius 1 is 0.667 bits per heavy atom. The van der Waals surface area contributed by atoms with Crippen LogP contribution < -0.4 is 60.2 Å². The van der Waals surface area contributed by atoms with E-state index >= 15 is 0 Å². The van der Waals surface area contributed by atoms with Crippen molar-refractivity contribution in [2.75, 3.05) is 26.2 Å². The molecule has 2 rings (SSSR count). The maximum atomic E-state index is 14.0. The summed E-state index contributed by atoms with van der Waals surface area (Å²) in [7, 11) is 0. The van der Waals surface area contributed by atoms with Crippen molar-refractivity contribution in [3.63, 3.8) is 0 Å². The molecular weight excluding hydrogens is 987 g/mol. The largest absolute Gasteiger partial charge is 0.481 e. The molecule has 0 saturated carbocycles. The highest BCUT2D eigenvalue weighted by molar-refractivity contribution is 5.98. The van der Waals surface area contributed by atoms with Crippen molar-refractivity contribution >= 4 is 65.2 Å². The first-order chi connectivity index (χ1) is 35.3. The minimum absolute atomic E-state index is 0.0121. The van der Waals surface area contributed by atoms with Gasteiger partial charge in [-0.1, -0.05) is 44.2 Å². The zero-order chi connectivity index (χ0) is 56.5. The summed E-state index contributed by atoms with van der Waals surface area (Å²) in [6.07, 6.45) is -3.61. The van der Waals surface area contributed by atoms with E-state index in [1.165, 1.54) is 6.92 Å². The van der Waals surface area contributed by atoms with Crippen molar-refractivity contribution in [3.8, 4) is 0 Å². The van der Waals surface area contributed by atoms with Gasteiger partial charge < -0.3 is 90.6 Å². The number of rotatable bonds is 33. The van der Waals surface area contributed by atoms with E-state index in [1.54, 1.807) is 44.2 Å². The van der Waals surface area contributed by atoms with Crippen LogP contribution in [0.15, 0.2) is 35.3 Å². The first-order valence-electron chi connectivity index (χ1n) is 24.7. The van der Waals surface area contributed by atoms with Gasteiger partial charge in [0.1, 0.15) is 54.4 Å². The number of unbranched alkanes of at least 4 members (excludes halogenated alkanes) is 1. The second-order valence-corrected chi connectivity index (χ2v) is 18.6. The van der Waals surface area contributed by atoms with Crippen LogP contribution in [0.25, 0.3) is 0 Å². The van der Waals surface area contributed by atoms with E-state index in [9.17, 15) is 73.5 Å². The normalized spacial score (nSPS) is 17.2. The Labute approximate surface area is 434 Å². The van der Waals surface area contributed by atoms with Gasteiger partial charge in [0.25, 0.3) is 0 Å². The van der Waals surface area contributed by atoms with E-state index in [0.29, 0.717) is 18.4 Å². The number of hydrogen-bond donors (Lipinski definition) is 16. The highest BCUT2D eigenvalue weighted by Crippen LogP contribution is 2.21. The standard InChI is InChI=1S/C47H77N13O15/c1-24(2)35(42(70)56-32(46(74)75)22-27-12-6-5-7-13-27)57-44(72)37(26(4)63)58-40(68)29(14-8-9-19-48)53-39(67)30(17-18-34(64)65)54-43(71)36(25(3)62)59-41(69)33-16-11-21-60(33)45(73)31(15-10-20-52-47(50)51)55-38(66)28(49)23-61/h5-7,12-13,24-26,28-33,35-37,61-63H,8-11,14-23,48-49H2,1-4H3,(H,53,67)(H,54,71)(H,55,66)(H,56,70)(H,57,72)(H,58,68)(H,59,69)(H,64,65)(H,74,75)(H4,50,51,52)/t25-,26-,28+,29+,30+,31+,32+,33+,35+,36+,37+/m1/s1. The third kappa shape index (κ3) is 21.8. The summed E-state index contributed by atoms with van der Waals surface area (Å²) in [4.78, 5) is 138. The summed E-state index contributed by atoms with van der Waals surface area (Å²) in [5.74, 6) is -11.3. The third-order valence-electron chi connectivity index (χ3n) is 12.1. The van der Waals surface area contributed by atoms with Gasteiger partial charge in [0, 0.05) is 25.9 Å². The van der Waals surface area contributed by atoms with Gasteiger partial charge in [-0.05, 0) is 83.2 Å². The second kappa shape index (κ2) is 32.3. The van der Waals surface area contributed by atoms with Crippen molar-refractivity contribution in [2.24, 2.45) is 33.8 Å². The molecule has 11 atom stereocenters. The molecule has 1 aromatic rings. The minimum Gasteiger partial charge on any atom is -0.481 e. The number of nitrogens with zero attached hydrogens (tertiary/aromatic N) is 2. The zero-order valence-electron chi connectivity index (χ0n) is 42.7. The molecule has 75 heavy (non-hydrogen) atoms. The summed E-state index contributed by atoms with van der Waals surface area (Å²) in [6.45, 7) is 5.00. The highest BCUT2D eigenvalue weighted by Gasteiger charge is 2.41. The van der Waals surface area contributed by atoms with Crippen LogP contribution in [0, 0.1) is 5.92 Å². The first-order valence-corrected chi connectivity index (χ1v) is 24.7. The molecule has 1 fully saturated rings. The number of aliphatic carboxylic acids is 2. The Bertz CT molecular complexity index is 2130. The zero-order valence-corrected chi connectivity index (χ0v) is 42.7. The number of aliphatic hydroxyl groups excluding tert-OH is 3. The Balaban J connectivity index is 2.33. The number of carbonyl (C=O) groups excluding carboxylic acids is 8. The monoisotopic (exact) mass is 1060 g/mol. The number of carboxylic acid groups (broad SMARTS) is 2. The second-order valence-electron chi connectivity index (χ2n) is 18.6. The Kier molecular flexibility index (Phi) is 27.6. The number of likely N-dealkylation sites (tertiary alicyclic amines) is 1. The summed E-state index contributed by atoms with van der Waals surface area (Å²) in [6, 6.07) is -4.92. The van der Waals surface area contributed by atoms with Crippen LogP contribution in [0.1, 0.15) is 91.0 Å². The number of benzene rings is 1. The first kappa shape index (κ1) is 64.1. The Hall–Kier alpha value is -7.01. The van der Waals surface area contributed by atoms with Crippen LogP contribution >= 0.6 is 0 Å². The van der Waals surface area contributed by atoms with Crippen molar-refractivity contribution < 1.29 is 73.5 Å². The predicted molar refractivity (Wildman–Crippen MR) is 269 cm³/mol. The Morgan fingerprint density at radius 3 is 1.75 bits per heavy atom. The van der Waals surface area contributed by atoms with Gasteiger partial charge in [-0.15, -0.1) is 0 Å². The third-order valence-corrected chi connectivity index (χ3v) is 12.1. The smallest absolute Gasteiger partial charge is 0.326 e. The molecule has 28 nitrogen and oxygen atoms in total. The molecule has 1 aliphatic heterocycles. The van der Waals surface area contributed by atoms with Gasteiger partial charge in [0.15, 0.2) is 5.96 Å². The van der Waals surface area contributed by atoms with E-state index in [-0.39, 0.29) is 64.1 Å². The topological polar surface area (TPSA) is 476 Å². The molecule has 0 aromatic heterocycles. The molecule has 420 valence electrons. The molecule has 1 aliphatic rings. The van der Waals surface area contributed by atoms with Gasteiger partial charge in [-0.3, -0.25) is 48.1 Å². The van der Waals surface area contributed by atoms with Crippen molar-refractivity contribution in [1.82, 2.24) is 42.1 Å². The number of aliphatic imine (C=N–C) groups is 1. The SMILES string of the molecule is CC(C)[C@H](NC(=O)[C@@H](NC(=O)[C@H](CCCCN)NC(=O)[C@H](CCC(=O)O)NC(=O)[C@@H](NC(=O)[C@@H]1CCCN1C(=O)[C@H](CCCN=C(N)N)NC(=O)[C@@H](N)CO)[C@@H](C)O)[C@@H](C)O)C(=O)N[C@@H](Cc1ccccc1)C(=O)O. The van der Waals surface area contributed by atoms with Crippen molar-refractivity contribution in [3.05, 3.63) is 35.9 Å². The number of guanidine groups is 1. The van der Waals surface area contributed by atoms with Crippen LogP contribution in [0.5, 0.6) is 0 Å². The van der Waals surface area contributed by atoms with Crippen LogP contribution in [-0.4, -0.2) is 188 Å². The number of carbonyl (C=O) groups is 10. The van der Waals surface area contributed by atoms with E-state index in [0.717, 1.165) is 11.8 Å². The summed E-state index contributed by atoms with van der Waals surface area (Å²) in [5.41, 5.74) is 22.7. The number of amides is 8. The number of aliphatic hydroxyl groups is 3. The van der Waals surface area contributed by atoms with Gasteiger partial charge in [0.05, 0.1) is 18.8 Å². The predicted octanol–water partition coefficient (Wildman–Crippen LogP) is -5.52. The average Bonchev–Trinajstić information content (AvgIpc) is 3.85. The lowest BCUT2D eigenvalue weighted by atomic mass is 10.00. The number of nitrogens with two attached hydrogens (primary N) is 4. The number of hydrogen-bond acceptors (Lipinski definition) is 16. The lowest BCUT2D eigenvalue weighted by Gasteiger charge is -2.31. The van der Waals surface area contributed by atoms with Gasteiger partial charge in [-0.25, -0.2) is 4.79 Å². The van der Waals surface area contributed by atoms with E-state index in [4.69, 9.17) is 22.9 Å². The molecule has 1 heterocycles. The van der Waals surface area contributed by atoms with Crippen molar-refractivity contribution in [2.45, 2.75) is 158 Å². The lowest BCUT2D eigenvalue weighted by Crippen LogP contribution is -2.62. The van der Waals surface area contributed by atoms with Crippen molar-refractivity contribution in [1.29, 1.82) is 0 Å². The van der Waals surface area contributed by atoms with Gasteiger partial charge in [-0.2, -0.15) is 0 Å². The fourth-order valence-corrected chi connectivity index (χ4v) is 7.86. The van der Waals surface area contributed by atoms with Crippen LogP contribution in [-0.2, 0) is 54.4 Å². The molecule has 1 saturated heterocycles. The molecule has 0 bridgehead atoms. The molecule has 0 unspecified atom stereocenters. The van der Waals surface area contributed by atoms with Crippen LogP contribution in [0.2, 0.25) is 0 Å². The van der Waals surface area contributed by atoms with Crippen LogP contribution in [0.4, 0.5) is 0 Å². The fraction of sp³-hybridized carbons (Fsp3) is 0.638. The molecule has 20 N–H and O–H groups in total. The summed E-state index contributed by atoms with van der Waals surface area (Å²) < 4.78 is 0. The highest BCUT2D eigenvalue weighted by atomic mass is 16.4. The van der Waals surface area contributed by atoms with E-state index < -0.39 is 151 Å². The fourth-order valence-electron chi connectivity index (χ4n) is 7.86. The van der Waals surface area contributed by atoms with Crippen LogP contribution in [0.3, 0.4) is 0 Å². The van der Waals surface area contributed by atoms with Gasteiger partial charge in [0.2, 0.25) is 47.3 Å². The lowest BCUT2D eigenvalue weighted by molar-refractivity contribution is -0.143. The number of nitrogens with one attached hydrogen (secondary N) is 7. The molecule has 28 heteroatoms. The number of carboxylic acids is 2. The summed E-state index contributed by atoms with van der Waals surface area (Å²) >= 11 is 0. The molecule has 1 aromatic carbocycles. The maximum Gasteiger partial charge on any atom is 0.326 e. The molecular formula is C47H77N13O15. The Morgan fingerprint density at radius 2 is 1.19 bits per heavy atom. The van der Waals surface area contributed by atoms with E-state index in [2.05, 4.69) is 42.2 Å².